The van der Waals surface area contributed by atoms with E-state index in [-0.39, 0.29) is 11.9 Å². The second-order valence-electron chi connectivity index (χ2n) is 4.08. The Bertz CT molecular complexity index is 595. The molecular weight excluding hydrogens is 365 g/mol. The summed E-state index contributed by atoms with van der Waals surface area (Å²) >= 11 is 6.57. The van der Waals surface area contributed by atoms with Crippen molar-refractivity contribution in [1.29, 1.82) is 0 Å². The van der Waals surface area contributed by atoms with Crippen LogP contribution in [0.2, 0.25) is 0 Å². The summed E-state index contributed by atoms with van der Waals surface area (Å²) in [5, 5.41) is 4.37. The first kappa shape index (κ1) is 13.5. The third-order valence-electron chi connectivity index (χ3n) is 2.84. The van der Waals surface area contributed by atoms with Crippen molar-refractivity contribution < 1.29 is 4.39 Å². The second kappa shape index (κ2) is 5.01. The van der Waals surface area contributed by atoms with Crippen LogP contribution in [0.5, 0.6) is 0 Å². The Morgan fingerprint density at radius 1 is 1.39 bits per heavy atom. The number of aryl methyl sites for hydroxylation is 1. The highest BCUT2D eigenvalue weighted by molar-refractivity contribution is 9.11. The van der Waals surface area contributed by atoms with E-state index in [1.165, 1.54) is 6.07 Å². The molecule has 0 radical (unpaired) electrons. The zero-order chi connectivity index (χ0) is 13.4. The van der Waals surface area contributed by atoms with Crippen LogP contribution in [0.25, 0.3) is 0 Å². The van der Waals surface area contributed by atoms with Crippen LogP contribution in [0.3, 0.4) is 0 Å². The molecule has 6 heteroatoms. The van der Waals surface area contributed by atoms with Gasteiger partial charge in [0.1, 0.15) is 11.6 Å². The molecule has 0 saturated carbocycles. The molecule has 18 heavy (non-hydrogen) atoms. The van der Waals surface area contributed by atoms with Crippen LogP contribution >= 0.6 is 31.9 Å². The van der Waals surface area contributed by atoms with Gasteiger partial charge in [-0.25, -0.2) is 9.07 Å². The Balaban J connectivity index is 2.44. The quantitative estimate of drug-likeness (QED) is 0.859. The van der Waals surface area contributed by atoms with Crippen molar-refractivity contribution in [3.05, 3.63) is 44.2 Å². The van der Waals surface area contributed by atoms with E-state index < -0.39 is 0 Å². The lowest BCUT2D eigenvalue weighted by Gasteiger charge is -2.15. The van der Waals surface area contributed by atoms with Gasteiger partial charge < -0.3 is 5.73 Å². The predicted molar refractivity (Wildman–Crippen MR) is 77.0 cm³/mol. The summed E-state index contributed by atoms with van der Waals surface area (Å²) < 4.78 is 16.2. The first-order valence-corrected chi connectivity index (χ1v) is 6.95. The number of aromatic nitrogens is 2. The van der Waals surface area contributed by atoms with Gasteiger partial charge in [-0.15, -0.1) is 0 Å². The third kappa shape index (κ3) is 2.31. The molecule has 96 valence electrons. The molecule has 1 aromatic heterocycles. The van der Waals surface area contributed by atoms with Gasteiger partial charge in [0.05, 0.1) is 20.7 Å². The summed E-state index contributed by atoms with van der Waals surface area (Å²) in [5.41, 5.74) is 7.75. The molecule has 2 rings (SSSR count). The van der Waals surface area contributed by atoms with Crippen LogP contribution in [0.15, 0.2) is 27.1 Å². The van der Waals surface area contributed by atoms with Crippen molar-refractivity contribution in [2.24, 2.45) is 0 Å². The second-order valence-corrected chi connectivity index (χ2v) is 5.73. The number of rotatable bonds is 2. The van der Waals surface area contributed by atoms with Crippen molar-refractivity contribution in [3.8, 4) is 0 Å². The van der Waals surface area contributed by atoms with Crippen LogP contribution in [-0.4, -0.2) is 9.78 Å². The van der Waals surface area contributed by atoms with E-state index >= 15 is 0 Å². The molecule has 3 nitrogen and oxygen atoms in total. The molecule has 0 spiro atoms. The van der Waals surface area contributed by atoms with Crippen LogP contribution in [0.4, 0.5) is 10.2 Å². The van der Waals surface area contributed by atoms with E-state index in [4.69, 9.17) is 5.73 Å². The zero-order valence-electron chi connectivity index (χ0n) is 9.92. The summed E-state index contributed by atoms with van der Waals surface area (Å²) in [6.45, 7) is 3.85. The monoisotopic (exact) mass is 375 g/mol. The lowest BCUT2D eigenvalue weighted by molar-refractivity contribution is 0.564. The molecule has 0 aliphatic carbocycles. The van der Waals surface area contributed by atoms with Crippen molar-refractivity contribution in [3.63, 3.8) is 0 Å². The SMILES string of the molecule is Cc1nn(C(C)c2ccc(F)c(Br)c2)c(N)c1Br. The summed E-state index contributed by atoms with van der Waals surface area (Å²) in [4.78, 5) is 0. The standard InChI is InChI=1S/C12H12Br2FN3/c1-6-11(14)12(16)18(17-6)7(2)8-3-4-10(15)9(13)5-8/h3-5,7H,16H2,1-2H3. The molecule has 1 aromatic carbocycles. The number of nitrogen functional groups attached to an aromatic ring is 1. The lowest BCUT2D eigenvalue weighted by atomic mass is 10.1. The van der Waals surface area contributed by atoms with Gasteiger partial charge in [-0.3, -0.25) is 0 Å². The van der Waals surface area contributed by atoms with E-state index in [0.29, 0.717) is 10.3 Å². The minimum Gasteiger partial charge on any atom is -0.383 e. The van der Waals surface area contributed by atoms with Gasteiger partial charge in [0, 0.05) is 0 Å². The fraction of sp³-hybridized carbons (Fsp3) is 0.250. The minimum atomic E-state index is -0.281. The summed E-state index contributed by atoms with van der Waals surface area (Å²) in [6, 6.07) is 4.84. The molecule has 2 N–H and O–H groups in total. The number of hydrogen-bond acceptors (Lipinski definition) is 2. The maximum absolute atomic E-state index is 13.2. The van der Waals surface area contributed by atoms with Crippen LogP contribution in [0, 0.1) is 12.7 Å². The Hall–Kier alpha value is -0.880. The smallest absolute Gasteiger partial charge is 0.137 e. The molecule has 0 saturated heterocycles. The summed E-state index contributed by atoms with van der Waals surface area (Å²) in [5.74, 6) is 0.289. The predicted octanol–water partition coefficient (Wildman–Crippen LogP) is 4.05. The Morgan fingerprint density at radius 2 is 2.06 bits per heavy atom. The van der Waals surface area contributed by atoms with Gasteiger partial charge in [-0.1, -0.05) is 6.07 Å². The first-order chi connectivity index (χ1) is 8.41. The Kier molecular flexibility index (Phi) is 3.77. The third-order valence-corrected chi connectivity index (χ3v) is 4.43. The van der Waals surface area contributed by atoms with Crippen molar-refractivity contribution in [2.45, 2.75) is 19.9 Å². The average molecular weight is 377 g/mol. The normalized spacial score (nSPS) is 12.7. The van der Waals surface area contributed by atoms with Gasteiger partial charge in [0.15, 0.2) is 0 Å². The van der Waals surface area contributed by atoms with E-state index in [0.717, 1.165) is 15.7 Å². The Labute approximate surface area is 121 Å². The fourth-order valence-corrected chi connectivity index (χ4v) is 2.41. The van der Waals surface area contributed by atoms with Gasteiger partial charge in [-0.05, 0) is 63.4 Å². The molecule has 0 bridgehead atoms. The maximum atomic E-state index is 13.2. The van der Waals surface area contributed by atoms with Crippen LogP contribution in [-0.2, 0) is 0 Å². The van der Waals surface area contributed by atoms with Gasteiger partial charge in [0.25, 0.3) is 0 Å². The largest absolute Gasteiger partial charge is 0.383 e. The van der Waals surface area contributed by atoms with E-state index in [1.54, 1.807) is 16.8 Å². The Morgan fingerprint density at radius 3 is 2.56 bits per heavy atom. The van der Waals surface area contributed by atoms with Gasteiger partial charge in [-0.2, -0.15) is 5.10 Å². The van der Waals surface area contributed by atoms with Crippen molar-refractivity contribution in [2.75, 3.05) is 5.73 Å². The average Bonchev–Trinajstić information content (AvgIpc) is 2.60. The number of halogens is 3. The highest BCUT2D eigenvalue weighted by atomic mass is 79.9. The number of nitrogens with two attached hydrogens (primary N) is 1. The number of benzene rings is 1. The van der Waals surface area contributed by atoms with E-state index in [1.807, 2.05) is 13.8 Å². The minimum absolute atomic E-state index is 0.0631. The van der Waals surface area contributed by atoms with Gasteiger partial charge in [0.2, 0.25) is 0 Å². The molecule has 2 aromatic rings. The molecule has 1 unspecified atom stereocenters. The molecule has 1 atom stereocenters. The summed E-state index contributed by atoms with van der Waals surface area (Å²) in [7, 11) is 0. The van der Waals surface area contributed by atoms with E-state index in [9.17, 15) is 4.39 Å². The number of anilines is 1. The fourth-order valence-electron chi connectivity index (χ4n) is 1.75. The van der Waals surface area contributed by atoms with Crippen LogP contribution < -0.4 is 5.73 Å². The zero-order valence-corrected chi connectivity index (χ0v) is 13.1. The van der Waals surface area contributed by atoms with Crippen LogP contribution in [0.1, 0.15) is 24.2 Å². The maximum Gasteiger partial charge on any atom is 0.137 e. The molecular formula is C12H12Br2FN3. The number of nitrogens with zero attached hydrogens (tertiary/aromatic N) is 2. The highest BCUT2D eigenvalue weighted by Crippen LogP contribution is 2.30. The molecule has 1 heterocycles. The summed E-state index contributed by atoms with van der Waals surface area (Å²) in [6.07, 6.45) is 0. The lowest BCUT2D eigenvalue weighted by Crippen LogP contribution is -2.11. The van der Waals surface area contributed by atoms with E-state index in [2.05, 4.69) is 37.0 Å². The molecule has 0 amide bonds. The molecule has 0 aliphatic rings. The topological polar surface area (TPSA) is 43.8 Å². The molecule has 0 fully saturated rings. The first-order valence-electron chi connectivity index (χ1n) is 5.37. The van der Waals surface area contributed by atoms with Crippen molar-refractivity contribution >= 4 is 37.7 Å². The number of hydrogen-bond donors (Lipinski definition) is 1. The highest BCUT2D eigenvalue weighted by Gasteiger charge is 2.17. The molecule has 0 aliphatic heterocycles. The van der Waals surface area contributed by atoms with Gasteiger partial charge >= 0.3 is 0 Å². The van der Waals surface area contributed by atoms with Crippen molar-refractivity contribution in [1.82, 2.24) is 9.78 Å².